The molecule has 0 nitrogen and oxygen atoms in total. The molecule has 57 valence electrons. The standard InChI is InChI=1S/C10H17/c1-4-6-8-10(3)9-7-5-2/h10H,3-6,8H2,1-2H3. The van der Waals surface area contributed by atoms with Crippen LogP contribution in [0.1, 0.15) is 39.5 Å². The van der Waals surface area contributed by atoms with Gasteiger partial charge in [-0.2, -0.15) is 0 Å². The van der Waals surface area contributed by atoms with Crippen molar-refractivity contribution < 1.29 is 0 Å². The summed E-state index contributed by atoms with van der Waals surface area (Å²) < 4.78 is 0. The van der Waals surface area contributed by atoms with E-state index in [0.29, 0.717) is 5.92 Å². The first-order chi connectivity index (χ1) is 4.81. The van der Waals surface area contributed by atoms with Gasteiger partial charge < -0.3 is 0 Å². The van der Waals surface area contributed by atoms with Crippen LogP contribution in [0.5, 0.6) is 0 Å². The first-order valence-corrected chi connectivity index (χ1v) is 4.12. The van der Waals surface area contributed by atoms with Crippen molar-refractivity contribution in [1.29, 1.82) is 0 Å². The Morgan fingerprint density at radius 3 is 2.60 bits per heavy atom. The molecule has 0 aliphatic heterocycles. The third-order valence-electron chi connectivity index (χ3n) is 1.39. The number of hydrogen-bond acceptors (Lipinski definition) is 0. The highest BCUT2D eigenvalue weighted by molar-refractivity contribution is 5.03. The van der Waals surface area contributed by atoms with Crippen molar-refractivity contribution in [2.45, 2.75) is 39.5 Å². The monoisotopic (exact) mass is 137 g/mol. The lowest BCUT2D eigenvalue weighted by molar-refractivity contribution is 0.653. The van der Waals surface area contributed by atoms with Crippen molar-refractivity contribution in [2.75, 3.05) is 0 Å². The Hall–Kier alpha value is -0.440. The molecule has 0 N–H and O–H groups in total. The van der Waals surface area contributed by atoms with Gasteiger partial charge in [-0.25, -0.2) is 0 Å². The predicted molar refractivity (Wildman–Crippen MR) is 46.4 cm³/mol. The molecule has 0 spiro atoms. The summed E-state index contributed by atoms with van der Waals surface area (Å²) in [6.45, 7) is 8.20. The van der Waals surface area contributed by atoms with Crippen LogP contribution in [-0.2, 0) is 0 Å². The first-order valence-electron chi connectivity index (χ1n) is 4.12. The van der Waals surface area contributed by atoms with E-state index in [1.807, 2.05) is 0 Å². The molecule has 1 radical (unpaired) electrons. The lowest BCUT2D eigenvalue weighted by atomic mass is 10.1. The number of rotatable bonds is 3. The molecule has 0 rings (SSSR count). The summed E-state index contributed by atoms with van der Waals surface area (Å²) in [6, 6.07) is 0. The number of hydrogen-bond donors (Lipinski definition) is 0. The summed E-state index contributed by atoms with van der Waals surface area (Å²) in [5.41, 5.74) is 0. The van der Waals surface area contributed by atoms with Gasteiger partial charge in [0.2, 0.25) is 0 Å². The van der Waals surface area contributed by atoms with E-state index in [4.69, 9.17) is 0 Å². The van der Waals surface area contributed by atoms with Crippen LogP contribution in [0.25, 0.3) is 0 Å². The molecule has 0 saturated heterocycles. The molecule has 0 aliphatic rings. The van der Waals surface area contributed by atoms with E-state index in [1.165, 1.54) is 12.8 Å². The van der Waals surface area contributed by atoms with Gasteiger partial charge in [-0.05, 0) is 13.3 Å². The van der Waals surface area contributed by atoms with Gasteiger partial charge in [-0.1, -0.05) is 32.6 Å². The van der Waals surface area contributed by atoms with Crippen molar-refractivity contribution in [3.63, 3.8) is 0 Å². The average molecular weight is 137 g/mol. The summed E-state index contributed by atoms with van der Waals surface area (Å²) in [5, 5.41) is 0. The van der Waals surface area contributed by atoms with Crippen LogP contribution in [0, 0.1) is 24.7 Å². The molecular weight excluding hydrogens is 120 g/mol. The average Bonchev–Trinajstić information content (AvgIpc) is 1.97. The maximum atomic E-state index is 3.94. The summed E-state index contributed by atoms with van der Waals surface area (Å²) in [7, 11) is 0. The van der Waals surface area contributed by atoms with Crippen LogP contribution >= 0.6 is 0 Å². The maximum Gasteiger partial charge on any atom is 0.0203 e. The minimum atomic E-state index is 0.361. The van der Waals surface area contributed by atoms with E-state index in [0.717, 1.165) is 12.8 Å². The second-order valence-corrected chi connectivity index (χ2v) is 2.51. The third kappa shape index (κ3) is 5.69. The predicted octanol–water partition coefficient (Wildman–Crippen LogP) is 3.04. The van der Waals surface area contributed by atoms with Gasteiger partial charge >= 0.3 is 0 Å². The molecule has 0 aromatic heterocycles. The highest BCUT2D eigenvalue weighted by atomic mass is 14.0. The van der Waals surface area contributed by atoms with Gasteiger partial charge in [0.1, 0.15) is 0 Å². The van der Waals surface area contributed by atoms with Crippen molar-refractivity contribution in [2.24, 2.45) is 5.92 Å². The van der Waals surface area contributed by atoms with E-state index < -0.39 is 0 Å². The fourth-order valence-electron chi connectivity index (χ4n) is 0.769. The van der Waals surface area contributed by atoms with E-state index in [-0.39, 0.29) is 0 Å². The molecule has 0 aliphatic carbocycles. The summed E-state index contributed by atoms with van der Waals surface area (Å²) in [5.74, 6) is 6.51. The highest BCUT2D eigenvalue weighted by Gasteiger charge is 1.93. The summed E-state index contributed by atoms with van der Waals surface area (Å²) >= 11 is 0. The van der Waals surface area contributed by atoms with E-state index in [2.05, 4.69) is 32.6 Å². The van der Waals surface area contributed by atoms with Gasteiger partial charge in [0.25, 0.3) is 0 Å². The normalized spacial score (nSPS) is 11.9. The van der Waals surface area contributed by atoms with Crippen molar-refractivity contribution in [1.82, 2.24) is 0 Å². The SMILES string of the molecule is [CH2]C(C#CCC)CCCC. The molecule has 0 bridgehead atoms. The van der Waals surface area contributed by atoms with Gasteiger partial charge in [0.05, 0.1) is 0 Å². The quantitative estimate of drug-likeness (QED) is 0.524. The van der Waals surface area contributed by atoms with Gasteiger partial charge in [-0.15, -0.1) is 5.92 Å². The lowest BCUT2D eigenvalue weighted by Crippen LogP contribution is -1.89. The molecule has 0 saturated carbocycles. The highest BCUT2D eigenvalue weighted by Crippen LogP contribution is 2.04. The van der Waals surface area contributed by atoms with Crippen molar-refractivity contribution in [3.05, 3.63) is 6.92 Å². The maximum absolute atomic E-state index is 3.94. The largest absolute Gasteiger partial charge is 0.103 e. The molecule has 0 heteroatoms. The zero-order valence-corrected chi connectivity index (χ0v) is 7.11. The zero-order valence-electron chi connectivity index (χ0n) is 7.11. The fourth-order valence-corrected chi connectivity index (χ4v) is 0.769. The topological polar surface area (TPSA) is 0 Å². The molecule has 0 fully saturated rings. The van der Waals surface area contributed by atoms with E-state index in [9.17, 15) is 0 Å². The Morgan fingerprint density at radius 2 is 2.10 bits per heavy atom. The van der Waals surface area contributed by atoms with E-state index >= 15 is 0 Å². The molecule has 1 unspecified atom stereocenters. The second kappa shape index (κ2) is 6.68. The molecule has 0 aromatic carbocycles. The first kappa shape index (κ1) is 9.56. The van der Waals surface area contributed by atoms with Crippen LogP contribution < -0.4 is 0 Å². The Labute approximate surface area is 65.0 Å². The third-order valence-corrected chi connectivity index (χ3v) is 1.39. The Kier molecular flexibility index (Phi) is 6.38. The minimum Gasteiger partial charge on any atom is -0.103 e. The Balaban J connectivity index is 3.33. The van der Waals surface area contributed by atoms with Crippen LogP contribution in [0.3, 0.4) is 0 Å². The lowest BCUT2D eigenvalue weighted by Gasteiger charge is -1.99. The Morgan fingerprint density at radius 1 is 1.40 bits per heavy atom. The van der Waals surface area contributed by atoms with Crippen LogP contribution in [-0.4, -0.2) is 0 Å². The Bertz CT molecular complexity index is 114. The van der Waals surface area contributed by atoms with Crippen LogP contribution in [0.15, 0.2) is 0 Å². The molecular formula is C10H17. The van der Waals surface area contributed by atoms with Gasteiger partial charge in [0.15, 0.2) is 0 Å². The van der Waals surface area contributed by atoms with Crippen molar-refractivity contribution >= 4 is 0 Å². The molecule has 10 heavy (non-hydrogen) atoms. The molecule has 1 atom stereocenters. The van der Waals surface area contributed by atoms with Crippen LogP contribution in [0.2, 0.25) is 0 Å². The summed E-state index contributed by atoms with van der Waals surface area (Å²) in [6.07, 6.45) is 4.62. The van der Waals surface area contributed by atoms with Gasteiger partial charge in [-0.3, -0.25) is 0 Å². The zero-order chi connectivity index (χ0) is 7.82. The van der Waals surface area contributed by atoms with Crippen LogP contribution in [0.4, 0.5) is 0 Å². The van der Waals surface area contributed by atoms with E-state index in [1.54, 1.807) is 0 Å². The van der Waals surface area contributed by atoms with Crippen molar-refractivity contribution in [3.8, 4) is 11.8 Å². The van der Waals surface area contributed by atoms with Gasteiger partial charge in [0, 0.05) is 12.3 Å². The molecule has 0 amide bonds. The summed E-state index contributed by atoms with van der Waals surface area (Å²) in [4.78, 5) is 0. The minimum absolute atomic E-state index is 0.361. The second-order valence-electron chi connectivity index (χ2n) is 2.51. The fraction of sp³-hybridized carbons (Fsp3) is 0.700. The smallest absolute Gasteiger partial charge is 0.0203 e. The molecule has 0 aromatic rings. The molecule has 0 heterocycles. The number of unbranched alkanes of at least 4 members (excludes halogenated alkanes) is 1.